The molecule has 0 radical (unpaired) electrons. The van der Waals surface area contributed by atoms with Crippen LogP contribution in [0, 0.1) is 0 Å². The second-order valence-electron chi connectivity index (χ2n) is 4.70. The average molecular weight is 312 g/mol. The average Bonchev–Trinajstić information content (AvgIpc) is 2.89. The molecule has 0 aliphatic carbocycles. The van der Waals surface area contributed by atoms with Crippen molar-refractivity contribution in [1.82, 2.24) is 0 Å². The van der Waals surface area contributed by atoms with Gasteiger partial charge in [0.05, 0.1) is 7.11 Å². The summed E-state index contributed by atoms with van der Waals surface area (Å²) in [5, 5.41) is 4.72. The lowest BCUT2D eigenvalue weighted by molar-refractivity contribution is 0.281. The van der Waals surface area contributed by atoms with Crippen molar-refractivity contribution in [3.63, 3.8) is 0 Å². The van der Waals surface area contributed by atoms with Crippen LogP contribution in [0.3, 0.4) is 0 Å². The summed E-state index contributed by atoms with van der Waals surface area (Å²) in [6.07, 6.45) is 0.690. The fourth-order valence-electron chi connectivity index (χ4n) is 1.97. The lowest BCUT2D eigenvalue weighted by Gasteiger charge is -2.16. The van der Waals surface area contributed by atoms with Gasteiger partial charge < -0.3 is 15.2 Å². The van der Waals surface area contributed by atoms with Crippen molar-refractivity contribution in [2.75, 3.05) is 7.11 Å². The first-order valence-corrected chi connectivity index (χ1v) is 7.68. The van der Waals surface area contributed by atoms with Gasteiger partial charge in [0.2, 0.25) is 0 Å². The van der Waals surface area contributed by atoms with Crippen LogP contribution < -0.4 is 15.2 Å². The molecule has 0 amide bonds. The molecule has 1 atom stereocenters. The van der Waals surface area contributed by atoms with E-state index < -0.39 is 0 Å². The number of hydrogen-bond acceptors (Lipinski definition) is 4. The van der Waals surface area contributed by atoms with Crippen molar-refractivity contribution in [3.8, 4) is 11.5 Å². The summed E-state index contributed by atoms with van der Waals surface area (Å²) in [6.45, 7) is 2.46. The highest BCUT2D eigenvalue weighted by atomic mass is 35.5. The van der Waals surface area contributed by atoms with Crippen molar-refractivity contribution < 1.29 is 9.47 Å². The van der Waals surface area contributed by atoms with Gasteiger partial charge in [0.25, 0.3) is 0 Å². The molecule has 2 aromatic rings. The summed E-state index contributed by atoms with van der Waals surface area (Å²) < 4.78 is 11.3. The van der Waals surface area contributed by atoms with Crippen LogP contribution in [0.5, 0.6) is 11.5 Å². The van der Waals surface area contributed by atoms with E-state index in [0.717, 1.165) is 16.9 Å². The maximum Gasteiger partial charge on any atom is 0.165 e. The maximum absolute atomic E-state index is 6.11. The predicted molar refractivity (Wildman–Crippen MR) is 84.0 cm³/mol. The molecule has 2 rings (SSSR count). The van der Waals surface area contributed by atoms with E-state index in [0.29, 0.717) is 23.8 Å². The zero-order valence-electron chi connectivity index (χ0n) is 11.6. The number of benzene rings is 1. The Morgan fingerprint density at radius 1 is 1.40 bits per heavy atom. The van der Waals surface area contributed by atoms with Gasteiger partial charge in [0.1, 0.15) is 6.61 Å². The summed E-state index contributed by atoms with van der Waals surface area (Å²) in [5.41, 5.74) is 8.00. The Labute approximate surface area is 128 Å². The summed E-state index contributed by atoms with van der Waals surface area (Å²) in [6, 6.07) is 5.71. The highest BCUT2D eigenvalue weighted by Crippen LogP contribution is 2.36. The van der Waals surface area contributed by atoms with Crippen LogP contribution in [0.2, 0.25) is 5.02 Å². The van der Waals surface area contributed by atoms with E-state index in [-0.39, 0.29) is 6.04 Å². The summed E-state index contributed by atoms with van der Waals surface area (Å²) >= 11 is 7.76. The quantitative estimate of drug-likeness (QED) is 0.880. The van der Waals surface area contributed by atoms with E-state index in [1.54, 1.807) is 24.5 Å². The van der Waals surface area contributed by atoms with Gasteiger partial charge in [0.15, 0.2) is 11.5 Å². The van der Waals surface area contributed by atoms with Gasteiger partial charge >= 0.3 is 0 Å². The molecular formula is C15H18ClNO2S. The normalized spacial score (nSPS) is 12.2. The highest BCUT2D eigenvalue weighted by molar-refractivity contribution is 7.07. The first-order chi connectivity index (χ1) is 9.60. The Kier molecular flexibility index (Phi) is 5.29. The third-order valence-electron chi connectivity index (χ3n) is 2.82. The van der Waals surface area contributed by atoms with Crippen molar-refractivity contribution in [1.29, 1.82) is 0 Å². The van der Waals surface area contributed by atoms with E-state index in [1.807, 2.05) is 24.4 Å². The minimum atomic E-state index is 0.0293. The van der Waals surface area contributed by atoms with Gasteiger partial charge in [-0.05, 0) is 41.8 Å². The molecule has 1 heterocycles. The third kappa shape index (κ3) is 3.88. The number of ether oxygens (including phenoxy) is 2. The molecule has 0 fully saturated rings. The summed E-state index contributed by atoms with van der Waals surface area (Å²) in [5.74, 6) is 1.36. The molecule has 0 spiro atoms. The lowest BCUT2D eigenvalue weighted by Crippen LogP contribution is -2.18. The second kappa shape index (κ2) is 6.97. The molecule has 20 heavy (non-hydrogen) atoms. The number of thiophene rings is 1. The molecule has 0 saturated heterocycles. The largest absolute Gasteiger partial charge is 0.493 e. The summed E-state index contributed by atoms with van der Waals surface area (Å²) in [7, 11) is 1.61. The van der Waals surface area contributed by atoms with E-state index in [4.69, 9.17) is 26.8 Å². The van der Waals surface area contributed by atoms with Gasteiger partial charge in [0, 0.05) is 22.7 Å². The van der Waals surface area contributed by atoms with Gasteiger partial charge in [-0.1, -0.05) is 11.6 Å². The minimum absolute atomic E-state index is 0.0293. The number of halogens is 1. The van der Waals surface area contributed by atoms with Gasteiger partial charge in [-0.2, -0.15) is 11.3 Å². The van der Waals surface area contributed by atoms with Crippen LogP contribution in [0.25, 0.3) is 0 Å². The number of nitrogens with two attached hydrogens (primary N) is 1. The van der Waals surface area contributed by atoms with E-state index in [1.165, 1.54) is 0 Å². The Morgan fingerprint density at radius 2 is 2.20 bits per heavy atom. The van der Waals surface area contributed by atoms with Crippen LogP contribution in [0.1, 0.15) is 18.1 Å². The molecule has 0 bridgehead atoms. The van der Waals surface area contributed by atoms with Crippen molar-refractivity contribution in [3.05, 3.63) is 45.1 Å². The zero-order chi connectivity index (χ0) is 14.5. The first-order valence-electron chi connectivity index (χ1n) is 6.36. The topological polar surface area (TPSA) is 44.5 Å². The molecule has 108 valence electrons. The van der Waals surface area contributed by atoms with E-state index in [9.17, 15) is 0 Å². The molecule has 5 heteroatoms. The van der Waals surface area contributed by atoms with Crippen molar-refractivity contribution >= 4 is 22.9 Å². The Hall–Kier alpha value is -1.23. The Bertz CT molecular complexity index is 555. The summed E-state index contributed by atoms with van der Waals surface area (Å²) in [4.78, 5) is 0. The molecule has 2 N–H and O–H groups in total. The first kappa shape index (κ1) is 15.2. The maximum atomic E-state index is 6.11. The van der Waals surface area contributed by atoms with Crippen LogP contribution >= 0.6 is 22.9 Å². The van der Waals surface area contributed by atoms with Crippen molar-refractivity contribution in [2.45, 2.75) is 26.0 Å². The van der Waals surface area contributed by atoms with Crippen LogP contribution in [0.4, 0.5) is 0 Å². The fourth-order valence-corrected chi connectivity index (χ4v) is 2.85. The molecule has 3 nitrogen and oxygen atoms in total. The van der Waals surface area contributed by atoms with Crippen LogP contribution in [-0.4, -0.2) is 13.2 Å². The Balaban J connectivity index is 2.27. The predicted octanol–water partition coefficient (Wildman–Crippen LogP) is 3.88. The monoisotopic (exact) mass is 311 g/mol. The SMILES string of the molecule is COc1cc(Cl)cc(CC(C)N)c1OCc1ccsc1. The fraction of sp³-hybridized carbons (Fsp3) is 0.333. The standard InChI is InChI=1S/C15H18ClNO2S/c1-10(17)5-12-6-13(16)7-14(18-2)15(12)19-8-11-3-4-20-9-11/h3-4,6-7,9-10H,5,8,17H2,1-2H3. The van der Waals surface area contributed by atoms with E-state index in [2.05, 4.69) is 5.38 Å². The van der Waals surface area contributed by atoms with Gasteiger partial charge in [-0.15, -0.1) is 0 Å². The van der Waals surface area contributed by atoms with Crippen molar-refractivity contribution in [2.24, 2.45) is 5.73 Å². The van der Waals surface area contributed by atoms with Crippen LogP contribution in [0.15, 0.2) is 29.0 Å². The lowest BCUT2D eigenvalue weighted by atomic mass is 10.1. The van der Waals surface area contributed by atoms with E-state index >= 15 is 0 Å². The number of methoxy groups -OCH3 is 1. The zero-order valence-corrected chi connectivity index (χ0v) is 13.1. The molecule has 1 aromatic heterocycles. The molecule has 1 aromatic carbocycles. The molecule has 0 aliphatic rings. The highest BCUT2D eigenvalue weighted by Gasteiger charge is 2.14. The minimum Gasteiger partial charge on any atom is -0.493 e. The Morgan fingerprint density at radius 3 is 2.80 bits per heavy atom. The molecule has 0 saturated carbocycles. The second-order valence-corrected chi connectivity index (χ2v) is 5.91. The molecule has 1 unspecified atom stereocenters. The van der Waals surface area contributed by atoms with Gasteiger partial charge in [-0.25, -0.2) is 0 Å². The third-order valence-corrected chi connectivity index (χ3v) is 3.77. The molecule has 0 aliphatic heterocycles. The number of rotatable bonds is 6. The number of hydrogen-bond donors (Lipinski definition) is 1. The van der Waals surface area contributed by atoms with Gasteiger partial charge in [-0.3, -0.25) is 0 Å². The molecular weight excluding hydrogens is 294 g/mol. The smallest absolute Gasteiger partial charge is 0.165 e. The van der Waals surface area contributed by atoms with Crippen LogP contribution in [-0.2, 0) is 13.0 Å².